The Kier molecular flexibility index (Phi) is 4.81. The van der Waals surface area contributed by atoms with Crippen molar-refractivity contribution < 1.29 is 0 Å². The minimum absolute atomic E-state index is 0.281. The van der Waals surface area contributed by atoms with Gasteiger partial charge in [-0.2, -0.15) is 0 Å². The summed E-state index contributed by atoms with van der Waals surface area (Å²) in [5.41, 5.74) is 1.50. The molecule has 1 aromatic rings. The molecule has 106 valence electrons. The van der Waals surface area contributed by atoms with Gasteiger partial charge in [-0.25, -0.2) is 0 Å². The summed E-state index contributed by atoms with van der Waals surface area (Å²) in [7, 11) is 0. The van der Waals surface area contributed by atoms with Crippen molar-refractivity contribution in [2.45, 2.75) is 52.0 Å². The van der Waals surface area contributed by atoms with Gasteiger partial charge in [-0.05, 0) is 48.8 Å². The zero-order chi connectivity index (χ0) is 14.0. The average Bonchev–Trinajstić information content (AvgIpc) is 2.41. The highest BCUT2D eigenvalue weighted by molar-refractivity contribution is 6.42. The van der Waals surface area contributed by atoms with E-state index in [4.69, 9.17) is 23.2 Å². The van der Waals surface area contributed by atoms with Crippen molar-refractivity contribution in [2.75, 3.05) is 6.54 Å². The van der Waals surface area contributed by atoms with Crippen LogP contribution in [0.2, 0.25) is 10.0 Å². The van der Waals surface area contributed by atoms with E-state index in [2.05, 4.69) is 32.2 Å². The highest BCUT2D eigenvalue weighted by atomic mass is 35.5. The lowest BCUT2D eigenvalue weighted by molar-refractivity contribution is 0.0446. The minimum atomic E-state index is 0.281. The number of halogens is 2. The fraction of sp³-hybridized carbons (Fsp3) is 0.625. The molecule has 0 saturated heterocycles. The maximum atomic E-state index is 6.38. The molecule has 1 fully saturated rings. The molecule has 1 N–H and O–H groups in total. The maximum absolute atomic E-state index is 6.38. The Morgan fingerprint density at radius 2 is 2.05 bits per heavy atom. The van der Waals surface area contributed by atoms with Crippen LogP contribution in [-0.2, 0) is 0 Å². The second kappa shape index (κ2) is 6.03. The first-order valence-electron chi connectivity index (χ1n) is 7.21. The molecule has 0 aliphatic heterocycles. The molecule has 3 heteroatoms. The molecule has 0 spiro atoms. The van der Waals surface area contributed by atoms with Crippen LogP contribution in [0.5, 0.6) is 0 Å². The Morgan fingerprint density at radius 1 is 1.32 bits per heavy atom. The molecular weight excluding hydrogens is 277 g/mol. The number of nitrogens with one attached hydrogen (secondary N) is 1. The fourth-order valence-electron chi connectivity index (χ4n) is 3.26. The second-order valence-corrected chi connectivity index (χ2v) is 6.58. The van der Waals surface area contributed by atoms with Crippen molar-refractivity contribution in [1.82, 2.24) is 5.32 Å². The lowest BCUT2D eigenvalue weighted by Crippen LogP contribution is -2.56. The van der Waals surface area contributed by atoms with Gasteiger partial charge in [0.15, 0.2) is 0 Å². The van der Waals surface area contributed by atoms with Crippen molar-refractivity contribution in [3.63, 3.8) is 0 Å². The molecule has 1 nitrogen and oxygen atoms in total. The number of hydrogen-bond donors (Lipinski definition) is 1. The lowest BCUT2D eigenvalue weighted by atomic mass is 9.54. The van der Waals surface area contributed by atoms with E-state index in [1.165, 1.54) is 12.0 Å². The van der Waals surface area contributed by atoms with Crippen LogP contribution in [0.15, 0.2) is 18.2 Å². The van der Waals surface area contributed by atoms with Gasteiger partial charge in [-0.1, -0.05) is 56.1 Å². The predicted octanol–water partition coefficient (Wildman–Crippen LogP) is 5.27. The van der Waals surface area contributed by atoms with Crippen molar-refractivity contribution in [2.24, 2.45) is 5.41 Å². The molecule has 3 atom stereocenters. The standard InChI is InChI=1S/C16H23Cl2N/c1-4-9-19-14-10-12(16(14,3)5-2)11-7-6-8-13(17)15(11)18/h6-8,12,14,19H,4-5,9-10H2,1-3H3. The molecule has 1 aliphatic carbocycles. The zero-order valence-corrected chi connectivity index (χ0v) is 13.5. The number of benzene rings is 1. The molecule has 3 unspecified atom stereocenters. The molecule has 19 heavy (non-hydrogen) atoms. The Balaban J connectivity index is 2.20. The van der Waals surface area contributed by atoms with E-state index in [0.717, 1.165) is 24.4 Å². The summed E-state index contributed by atoms with van der Waals surface area (Å²) in [4.78, 5) is 0. The van der Waals surface area contributed by atoms with Gasteiger partial charge in [0.05, 0.1) is 10.0 Å². The van der Waals surface area contributed by atoms with Crippen LogP contribution in [0.1, 0.15) is 51.5 Å². The Bertz CT molecular complexity index is 446. The zero-order valence-electron chi connectivity index (χ0n) is 12.0. The lowest BCUT2D eigenvalue weighted by Gasteiger charge is -2.55. The second-order valence-electron chi connectivity index (χ2n) is 5.80. The summed E-state index contributed by atoms with van der Waals surface area (Å²) in [6.07, 6.45) is 3.49. The molecule has 1 aliphatic rings. The van der Waals surface area contributed by atoms with Crippen LogP contribution in [-0.4, -0.2) is 12.6 Å². The van der Waals surface area contributed by atoms with Crippen LogP contribution in [0.25, 0.3) is 0 Å². The van der Waals surface area contributed by atoms with Crippen LogP contribution in [0.4, 0.5) is 0 Å². The quantitative estimate of drug-likeness (QED) is 0.781. The van der Waals surface area contributed by atoms with E-state index in [1.54, 1.807) is 0 Å². The monoisotopic (exact) mass is 299 g/mol. The van der Waals surface area contributed by atoms with E-state index in [9.17, 15) is 0 Å². The Morgan fingerprint density at radius 3 is 2.68 bits per heavy atom. The van der Waals surface area contributed by atoms with E-state index >= 15 is 0 Å². The van der Waals surface area contributed by atoms with E-state index in [0.29, 0.717) is 17.0 Å². The summed E-state index contributed by atoms with van der Waals surface area (Å²) in [5, 5.41) is 5.08. The summed E-state index contributed by atoms with van der Waals surface area (Å²) in [6, 6.07) is 6.59. The normalized spacial score (nSPS) is 30.2. The maximum Gasteiger partial charge on any atom is 0.0627 e. The topological polar surface area (TPSA) is 12.0 Å². The predicted molar refractivity (Wildman–Crippen MR) is 84.3 cm³/mol. The van der Waals surface area contributed by atoms with E-state index < -0.39 is 0 Å². The van der Waals surface area contributed by atoms with Crippen molar-refractivity contribution in [3.8, 4) is 0 Å². The largest absolute Gasteiger partial charge is 0.313 e. The van der Waals surface area contributed by atoms with Crippen LogP contribution >= 0.6 is 23.2 Å². The fourth-order valence-corrected chi connectivity index (χ4v) is 3.70. The van der Waals surface area contributed by atoms with Gasteiger partial charge in [0.25, 0.3) is 0 Å². The molecule has 0 bridgehead atoms. The van der Waals surface area contributed by atoms with Gasteiger partial charge in [0, 0.05) is 6.04 Å². The third kappa shape index (κ3) is 2.66. The van der Waals surface area contributed by atoms with Gasteiger partial charge in [0.2, 0.25) is 0 Å². The van der Waals surface area contributed by atoms with Crippen LogP contribution in [0.3, 0.4) is 0 Å². The molecule has 0 amide bonds. The highest BCUT2D eigenvalue weighted by Crippen LogP contribution is 2.56. The first kappa shape index (κ1) is 15.2. The van der Waals surface area contributed by atoms with Crippen molar-refractivity contribution in [3.05, 3.63) is 33.8 Å². The van der Waals surface area contributed by atoms with Gasteiger partial charge >= 0.3 is 0 Å². The smallest absolute Gasteiger partial charge is 0.0627 e. The number of rotatable bonds is 5. The Hall–Kier alpha value is -0.240. The van der Waals surface area contributed by atoms with Gasteiger partial charge in [0.1, 0.15) is 0 Å². The van der Waals surface area contributed by atoms with Crippen molar-refractivity contribution in [1.29, 1.82) is 0 Å². The summed E-state index contributed by atoms with van der Waals surface area (Å²) in [5.74, 6) is 0.512. The molecule has 1 aromatic carbocycles. The molecule has 0 aromatic heterocycles. The molecule has 0 radical (unpaired) electrons. The molecule has 1 saturated carbocycles. The van der Waals surface area contributed by atoms with Gasteiger partial charge in [-0.15, -0.1) is 0 Å². The Labute approximate surface area is 126 Å². The van der Waals surface area contributed by atoms with Crippen LogP contribution in [0, 0.1) is 5.41 Å². The highest BCUT2D eigenvalue weighted by Gasteiger charge is 2.50. The summed E-state index contributed by atoms with van der Waals surface area (Å²) < 4.78 is 0. The van der Waals surface area contributed by atoms with Gasteiger partial charge in [-0.3, -0.25) is 0 Å². The molecule has 2 rings (SSSR count). The van der Waals surface area contributed by atoms with Gasteiger partial charge < -0.3 is 5.32 Å². The molecule has 0 heterocycles. The summed E-state index contributed by atoms with van der Waals surface area (Å²) in [6.45, 7) is 7.94. The first-order valence-corrected chi connectivity index (χ1v) is 7.97. The third-order valence-corrected chi connectivity index (χ3v) is 5.66. The van der Waals surface area contributed by atoms with Crippen molar-refractivity contribution >= 4 is 23.2 Å². The van der Waals surface area contributed by atoms with E-state index in [1.807, 2.05) is 12.1 Å². The number of hydrogen-bond acceptors (Lipinski definition) is 1. The average molecular weight is 300 g/mol. The molecular formula is C16H23Cl2N. The first-order chi connectivity index (χ1) is 9.04. The minimum Gasteiger partial charge on any atom is -0.313 e. The van der Waals surface area contributed by atoms with E-state index in [-0.39, 0.29) is 5.41 Å². The SMILES string of the molecule is CCCNC1CC(c2cccc(Cl)c2Cl)C1(C)CC. The third-order valence-electron chi connectivity index (χ3n) is 4.82. The summed E-state index contributed by atoms with van der Waals surface area (Å²) >= 11 is 12.5. The van der Waals surface area contributed by atoms with Crippen LogP contribution < -0.4 is 5.32 Å².